The van der Waals surface area contributed by atoms with Crippen LogP contribution in [0.1, 0.15) is 43.9 Å². The molecule has 1 aromatic rings. The monoisotopic (exact) mass is 303 g/mol. The van der Waals surface area contributed by atoms with E-state index in [1.807, 2.05) is 26.0 Å². The lowest BCUT2D eigenvalue weighted by Crippen LogP contribution is -2.47. The molecule has 0 radical (unpaired) electrons. The van der Waals surface area contributed by atoms with Crippen molar-refractivity contribution < 1.29 is 9.59 Å². The fourth-order valence-electron chi connectivity index (χ4n) is 2.74. The second-order valence-electron chi connectivity index (χ2n) is 6.20. The smallest absolute Gasteiger partial charge is 0.239 e. The van der Waals surface area contributed by atoms with Crippen molar-refractivity contribution in [3.05, 3.63) is 35.4 Å². The van der Waals surface area contributed by atoms with E-state index in [2.05, 4.69) is 22.8 Å². The number of aryl methyl sites for hydroxylation is 1. The molecule has 0 aromatic heterocycles. The van der Waals surface area contributed by atoms with Gasteiger partial charge < -0.3 is 16.4 Å². The maximum Gasteiger partial charge on any atom is 0.239 e. The zero-order valence-corrected chi connectivity index (χ0v) is 13.3. The minimum absolute atomic E-state index is 0.0298. The molecule has 1 aliphatic carbocycles. The summed E-state index contributed by atoms with van der Waals surface area (Å²) in [6.45, 7) is 3.73. The Labute approximate surface area is 131 Å². The van der Waals surface area contributed by atoms with Gasteiger partial charge in [0.05, 0.1) is 18.6 Å². The zero-order chi connectivity index (χ0) is 16.1. The molecule has 1 aliphatic rings. The number of amides is 2. The van der Waals surface area contributed by atoms with Gasteiger partial charge in [-0.2, -0.15) is 0 Å². The van der Waals surface area contributed by atoms with E-state index in [0.29, 0.717) is 0 Å². The van der Waals surface area contributed by atoms with E-state index in [1.165, 1.54) is 11.1 Å². The first-order valence-corrected chi connectivity index (χ1v) is 7.89. The van der Waals surface area contributed by atoms with Gasteiger partial charge in [-0.1, -0.05) is 38.1 Å². The van der Waals surface area contributed by atoms with Gasteiger partial charge in [0.2, 0.25) is 11.8 Å². The molecule has 2 amide bonds. The van der Waals surface area contributed by atoms with Gasteiger partial charge in [-0.3, -0.25) is 9.59 Å². The average molecular weight is 303 g/mol. The minimum atomic E-state index is -0.580. The van der Waals surface area contributed by atoms with Gasteiger partial charge in [-0.25, -0.2) is 0 Å². The van der Waals surface area contributed by atoms with E-state index in [0.717, 1.165) is 19.3 Å². The van der Waals surface area contributed by atoms with Crippen molar-refractivity contribution in [3.63, 3.8) is 0 Å². The Kier molecular flexibility index (Phi) is 5.55. The Hall–Kier alpha value is -1.88. The lowest BCUT2D eigenvalue weighted by Gasteiger charge is -2.26. The summed E-state index contributed by atoms with van der Waals surface area (Å²) in [5.41, 5.74) is 8.23. The summed E-state index contributed by atoms with van der Waals surface area (Å²) in [6.07, 6.45) is 3.05. The number of rotatable bonds is 5. The third-order valence-electron chi connectivity index (χ3n) is 4.15. The van der Waals surface area contributed by atoms with Crippen LogP contribution in [0.4, 0.5) is 0 Å². The quantitative estimate of drug-likeness (QED) is 0.766. The molecule has 4 N–H and O–H groups in total. The van der Waals surface area contributed by atoms with E-state index >= 15 is 0 Å². The van der Waals surface area contributed by atoms with Crippen molar-refractivity contribution in [3.8, 4) is 0 Å². The van der Waals surface area contributed by atoms with Gasteiger partial charge in [0.15, 0.2) is 0 Å². The molecule has 2 atom stereocenters. The van der Waals surface area contributed by atoms with Crippen LogP contribution in [0.15, 0.2) is 24.3 Å². The number of hydrogen-bond acceptors (Lipinski definition) is 3. The van der Waals surface area contributed by atoms with Gasteiger partial charge in [-0.15, -0.1) is 0 Å². The van der Waals surface area contributed by atoms with Crippen LogP contribution in [-0.4, -0.2) is 24.4 Å². The fraction of sp³-hybridized carbons (Fsp3) is 0.529. The highest BCUT2D eigenvalue weighted by molar-refractivity contribution is 5.87. The Morgan fingerprint density at radius 2 is 2.05 bits per heavy atom. The molecule has 0 saturated carbocycles. The molecule has 0 saturated heterocycles. The number of benzene rings is 1. The molecule has 22 heavy (non-hydrogen) atoms. The number of nitrogens with one attached hydrogen (secondary N) is 2. The van der Waals surface area contributed by atoms with Crippen LogP contribution in [0.2, 0.25) is 0 Å². The highest BCUT2D eigenvalue weighted by atomic mass is 16.2. The second kappa shape index (κ2) is 7.40. The first-order valence-electron chi connectivity index (χ1n) is 7.89. The molecular formula is C17H25N3O2. The van der Waals surface area contributed by atoms with E-state index < -0.39 is 6.04 Å². The van der Waals surface area contributed by atoms with Crippen LogP contribution < -0.4 is 16.4 Å². The molecule has 0 spiro atoms. The molecule has 0 aliphatic heterocycles. The summed E-state index contributed by atoms with van der Waals surface area (Å²) < 4.78 is 0. The third-order valence-corrected chi connectivity index (χ3v) is 4.15. The number of hydrogen-bond donors (Lipinski definition) is 3. The summed E-state index contributed by atoms with van der Waals surface area (Å²) in [5.74, 6) is -0.409. The average Bonchev–Trinajstić information content (AvgIpc) is 2.52. The molecule has 0 fully saturated rings. The first-order chi connectivity index (χ1) is 10.5. The molecular weight excluding hydrogens is 278 g/mol. The highest BCUT2D eigenvalue weighted by Crippen LogP contribution is 2.29. The minimum Gasteiger partial charge on any atom is -0.348 e. The summed E-state index contributed by atoms with van der Waals surface area (Å²) in [6, 6.07) is 7.64. The van der Waals surface area contributed by atoms with E-state index in [9.17, 15) is 9.59 Å². The lowest BCUT2D eigenvalue weighted by molar-refractivity contribution is -0.127. The molecule has 1 aromatic carbocycles. The van der Waals surface area contributed by atoms with Crippen molar-refractivity contribution in [2.45, 2.75) is 45.2 Å². The van der Waals surface area contributed by atoms with Gasteiger partial charge >= 0.3 is 0 Å². The van der Waals surface area contributed by atoms with Crippen LogP contribution in [0.3, 0.4) is 0 Å². The van der Waals surface area contributed by atoms with Crippen LogP contribution in [0.25, 0.3) is 0 Å². The van der Waals surface area contributed by atoms with Gasteiger partial charge in [0, 0.05) is 0 Å². The van der Waals surface area contributed by atoms with Crippen LogP contribution in [0.5, 0.6) is 0 Å². The maximum atomic E-state index is 12.1. The Morgan fingerprint density at radius 1 is 1.32 bits per heavy atom. The third kappa shape index (κ3) is 4.07. The number of carbonyl (C=O) groups is 2. The van der Waals surface area contributed by atoms with Crippen molar-refractivity contribution in [2.75, 3.05) is 6.54 Å². The summed E-state index contributed by atoms with van der Waals surface area (Å²) in [4.78, 5) is 23.8. The van der Waals surface area contributed by atoms with Crippen LogP contribution in [-0.2, 0) is 16.0 Å². The van der Waals surface area contributed by atoms with Gasteiger partial charge in [-0.05, 0) is 36.3 Å². The predicted molar refractivity (Wildman–Crippen MR) is 86.1 cm³/mol. The van der Waals surface area contributed by atoms with E-state index in [-0.39, 0.29) is 30.3 Å². The maximum absolute atomic E-state index is 12.1. The largest absolute Gasteiger partial charge is 0.348 e. The highest BCUT2D eigenvalue weighted by Gasteiger charge is 2.22. The van der Waals surface area contributed by atoms with Crippen molar-refractivity contribution >= 4 is 11.8 Å². The first kappa shape index (κ1) is 16.5. The molecule has 5 nitrogen and oxygen atoms in total. The van der Waals surface area contributed by atoms with E-state index in [4.69, 9.17) is 5.73 Å². The van der Waals surface area contributed by atoms with Crippen LogP contribution in [0, 0.1) is 5.92 Å². The zero-order valence-electron chi connectivity index (χ0n) is 13.3. The summed E-state index contributed by atoms with van der Waals surface area (Å²) in [5, 5.41) is 5.61. The van der Waals surface area contributed by atoms with Crippen molar-refractivity contribution in [1.82, 2.24) is 10.6 Å². The Balaban J connectivity index is 1.87. The molecule has 0 heterocycles. The second-order valence-corrected chi connectivity index (χ2v) is 6.20. The van der Waals surface area contributed by atoms with Crippen LogP contribution >= 0.6 is 0 Å². The standard InChI is InChI=1S/C17H25N3O2/c1-11(2)16(18)17(22)19-10-15(21)20-14-9-5-7-12-6-3-4-8-13(12)14/h3-4,6,8,11,14,16H,5,7,9-10,18H2,1-2H3,(H,19,22)(H,20,21)/t14?,16-/m0/s1. The predicted octanol–water partition coefficient (Wildman–Crippen LogP) is 1.28. The van der Waals surface area contributed by atoms with Gasteiger partial charge in [0.25, 0.3) is 0 Å². The van der Waals surface area contributed by atoms with Crippen molar-refractivity contribution in [2.24, 2.45) is 11.7 Å². The fourth-order valence-corrected chi connectivity index (χ4v) is 2.74. The molecule has 5 heteroatoms. The number of carbonyl (C=O) groups excluding carboxylic acids is 2. The summed E-state index contributed by atoms with van der Waals surface area (Å²) in [7, 11) is 0. The lowest BCUT2D eigenvalue weighted by atomic mass is 9.88. The Bertz CT molecular complexity index is 542. The molecule has 0 bridgehead atoms. The number of fused-ring (bicyclic) bond motifs is 1. The molecule has 2 rings (SSSR count). The number of nitrogens with two attached hydrogens (primary N) is 1. The van der Waals surface area contributed by atoms with Gasteiger partial charge in [0.1, 0.15) is 0 Å². The normalized spacial score (nSPS) is 18.5. The Morgan fingerprint density at radius 3 is 2.77 bits per heavy atom. The molecule has 1 unspecified atom stereocenters. The van der Waals surface area contributed by atoms with Crippen molar-refractivity contribution in [1.29, 1.82) is 0 Å². The topological polar surface area (TPSA) is 84.2 Å². The summed E-state index contributed by atoms with van der Waals surface area (Å²) >= 11 is 0. The van der Waals surface area contributed by atoms with E-state index in [1.54, 1.807) is 0 Å². The molecule has 120 valence electrons. The SMILES string of the molecule is CC(C)[C@H](N)C(=O)NCC(=O)NC1CCCc2ccccc21.